The normalized spacial score (nSPS) is 8.21. The van der Waals surface area contributed by atoms with Crippen molar-refractivity contribution >= 4 is 12.3 Å². The first kappa shape index (κ1) is 15.4. The molecule has 0 bridgehead atoms. The van der Waals surface area contributed by atoms with Crippen molar-refractivity contribution in [2.45, 2.75) is 26.7 Å². The van der Waals surface area contributed by atoms with E-state index in [1.807, 2.05) is 13.8 Å². The number of hydrogen-bond donors (Lipinski definition) is 3. The summed E-state index contributed by atoms with van der Waals surface area (Å²) < 4.78 is 0. The molecule has 0 spiro atoms. The number of aliphatic hydroxyl groups excluding tert-OH is 1. The first-order valence-corrected chi connectivity index (χ1v) is 4.86. The second-order valence-corrected chi connectivity index (χ2v) is 2.29. The van der Waals surface area contributed by atoms with Crippen LogP contribution in [-0.2, 0) is 9.59 Å². The monoisotopic (exact) mass is 208 g/mol. The highest BCUT2D eigenvalue weighted by Gasteiger charge is 1.95. The van der Waals surface area contributed by atoms with Gasteiger partial charge in [0.2, 0.25) is 12.3 Å². The summed E-state index contributed by atoms with van der Waals surface area (Å²) in [6, 6.07) is 0. The van der Waals surface area contributed by atoms with Crippen LogP contribution in [0.1, 0.15) is 29.5 Å². The molecule has 0 aromatic rings. The van der Waals surface area contributed by atoms with E-state index in [-0.39, 0.29) is 8.76 Å². The van der Waals surface area contributed by atoms with Crippen molar-refractivity contribution in [3.05, 3.63) is 0 Å². The van der Waals surface area contributed by atoms with Crippen LogP contribution in [0.4, 0.5) is 0 Å². The molecule has 0 aliphatic carbocycles. The maximum Gasteiger partial charge on any atom is 0.245 e. The molecule has 0 unspecified atom stereocenters. The van der Waals surface area contributed by atoms with Gasteiger partial charge in [0.05, 0.1) is 0 Å². The Bertz CT molecular complexity index is 149. The molecule has 0 saturated carbocycles. The topological polar surface area (TPSA) is 78.4 Å². The zero-order chi connectivity index (χ0) is 11.2. The molecular weight excluding hydrogens is 184 g/mol. The van der Waals surface area contributed by atoms with Gasteiger partial charge in [0.25, 0.3) is 0 Å². The Morgan fingerprint density at radius 1 is 1.36 bits per heavy atom. The molecule has 14 heavy (non-hydrogen) atoms. The average Bonchev–Trinajstić information content (AvgIpc) is 2.25. The zero-order valence-electron chi connectivity index (χ0n) is 8.88. The van der Waals surface area contributed by atoms with Gasteiger partial charge in [0, 0.05) is 15.9 Å². The van der Waals surface area contributed by atoms with Gasteiger partial charge in [0.1, 0.15) is 6.61 Å². The number of rotatable bonds is 7. The maximum absolute atomic E-state index is 10.5. The number of carbonyl (C=O) groups is 2. The van der Waals surface area contributed by atoms with Gasteiger partial charge in [-0.15, -0.1) is 0 Å². The molecule has 0 aliphatic heterocycles. The van der Waals surface area contributed by atoms with Gasteiger partial charge in [-0.05, 0) is 12.8 Å². The highest BCUT2D eigenvalue weighted by molar-refractivity contribution is 5.76. The van der Waals surface area contributed by atoms with Gasteiger partial charge in [-0.3, -0.25) is 9.59 Å². The van der Waals surface area contributed by atoms with Crippen LogP contribution >= 0.6 is 0 Å². The van der Waals surface area contributed by atoms with Crippen LogP contribution in [0.3, 0.4) is 0 Å². The largest absolute Gasteiger partial charge is 0.387 e. The summed E-state index contributed by atoms with van der Waals surface area (Å²) in [5.41, 5.74) is 0. The first-order chi connectivity index (χ1) is 6.81. The molecule has 0 aromatic carbocycles. The van der Waals surface area contributed by atoms with Crippen molar-refractivity contribution in [2.75, 3.05) is 19.7 Å². The van der Waals surface area contributed by atoms with Crippen LogP contribution in [-0.4, -0.2) is 37.1 Å². The summed E-state index contributed by atoms with van der Waals surface area (Å²) in [6.45, 7) is 4.70. The van der Waals surface area contributed by atoms with Gasteiger partial charge in [0.15, 0.2) is 0 Å². The molecule has 0 saturated heterocycles. The van der Waals surface area contributed by atoms with E-state index >= 15 is 0 Å². The Balaban J connectivity index is -0.000000169. The number of aliphatic hydroxyl groups is 1. The molecular formula is C9H24N2O3. The van der Waals surface area contributed by atoms with E-state index in [0.29, 0.717) is 19.5 Å². The van der Waals surface area contributed by atoms with E-state index in [0.717, 1.165) is 12.8 Å². The highest BCUT2D eigenvalue weighted by atomic mass is 16.3. The van der Waals surface area contributed by atoms with Crippen LogP contribution in [0.5, 0.6) is 0 Å². The van der Waals surface area contributed by atoms with Gasteiger partial charge in [-0.2, -0.15) is 0 Å². The Morgan fingerprint density at radius 3 is 2.43 bits per heavy atom. The predicted octanol–water partition coefficient (Wildman–Crippen LogP) is 0.139. The SMILES string of the molecule is CC.O=CNCCCCNC(=O)CO.[HH].[HH]. The summed E-state index contributed by atoms with van der Waals surface area (Å²) in [4.78, 5) is 20.2. The molecule has 0 heterocycles. The van der Waals surface area contributed by atoms with Crippen molar-refractivity contribution in [3.63, 3.8) is 0 Å². The van der Waals surface area contributed by atoms with Crippen molar-refractivity contribution in [2.24, 2.45) is 0 Å². The lowest BCUT2D eigenvalue weighted by atomic mass is 10.3. The summed E-state index contributed by atoms with van der Waals surface area (Å²) in [7, 11) is 0. The Hall–Kier alpha value is -1.10. The van der Waals surface area contributed by atoms with E-state index in [1.165, 1.54) is 0 Å². The number of carbonyl (C=O) groups excluding carboxylic acids is 2. The van der Waals surface area contributed by atoms with Crippen LogP contribution in [0.2, 0.25) is 0 Å². The molecule has 3 N–H and O–H groups in total. The fraction of sp³-hybridized carbons (Fsp3) is 0.778. The van der Waals surface area contributed by atoms with E-state index in [2.05, 4.69) is 10.6 Å². The predicted molar refractivity (Wildman–Crippen MR) is 59.0 cm³/mol. The number of hydrogen-bond acceptors (Lipinski definition) is 3. The van der Waals surface area contributed by atoms with Crippen molar-refractivity contribution < 1.29 is 17.5 Å². The van der Waals surface area contributed by atoms with Gasteiger partial charge in [-0.25, -0.2) is 0 Å². The first-order valence-electron chi connectivity index (χ1n) is 4.86. The number of amides is 2. The summed E-state index contributed by atoms with van der Waals surface area (Å²) in [6.07, 6.45) is 2.27. The lowest BCUT2D eigenvalue weighted by Gasteiger charge is -2.01. The molecule has 0 aromatic heterocycles. The molecule has 0 radical (unpaired) electrons. The van der Waals surface area contributed by atoms with E-state index in [9.17, 15) is 9.59 Å². The minimum atomic E-state index is -0.466. The minimum Gasteiger partial charge on any atom is -0.387 e. The molecule has 0 fully saturated rings. The second kappa shape index (κ2) is 14.4. The van der Waals surface area contributed by atoms with Crippen molar-refractivity contribution in [1.82, 2.24) is 10.6 Å². The second-order valence-electron chi connectivity index (χ2n) is 2.29. The van der Waals surface area contributed by atoms with Crippen LogP contribution < -0.4 is 10.6 Å². The van der Waals surface area contributed by atoms with Crippen LogP contribution in [0.25, 0.3) is 0 Å². The lowest BCUT2D eigenvalue weighted by Crippen LogP contribution is -2.27. The van der Waals surface area contributed by atoms with Gasteiger partial charge in [-0.1, -0.05) is 13.8 Å². The van der Waals surface area contributed by atoms with E-state index in [4.69, 9.17) is 5.11 Å². The van der Waals surface area contributed by atoms with Crippen molar-refractivity contribution in [1.29, 1.82) is 0 Å². The number of nitrogens with one attached hydrogen (secondary N) is 2. The van der Waals surface area contributed by atoms with Crippen LogP contribution in [0, 0.1) is 0 Å². The van der Waals surface area contributed by atoms with Gasteiger partial charge < -0.3 is 15.7 Å². The lowest BCUT2D eigenvalue weighted by molar-refractivity contribution is -0.123. The number of unbranched alkanes of at least 4 members (excludes halogenated alkanes) is 1. The molecule has 5 heteroatoms. The molecule has 2 amide bonds. The quantitative estimate of drug-likeness (QED) is 0.411. The summed E-state index contributed by atoms with van der Waals surface area (Å²) in [5, 5.41) is 13.3. The average molecular weight is 208 g/mol. The standard InChI is InChI=1S/C7H14N2O3.C2H6.2H2/c10-5-7(12)9-4-2-1-3-8-6-11;1-2;;/h6,10H,1-5H2,(H,8,11)(H,9,12);1-2H3;2*1H. The molecule has 5 nitrogen and oxygen atoms in total. The third-order valence-electron chi connectivity index (χ3n) is 1.30. The third kappa shape index (κ3) is 13.5. The summed E-state index contributed by atoms with van der Waals surface area (Å²) in [5.74, 6) is -0.363. The van der Waals surface area contributed by atoms with Crippen LogP contribution in [0.15, 0.2) is 0 Å². The molecule has 0 rings (SSSR count). The third-order valence-corrected chi connectivity index (χ3v) is 1.30. The fourth-order valence-corrected chi connectivity index (χ4v) is 0.695. The molecule has 88 valence electrons. The maximum atomic E-state index is 10.5. The van der Waals surface area contributed by atoms with Crippen molar-refractivity contribution in [3.8, 4) is 0 Å². The minimum absolute atomic E-state index is 0. The Labute approximate surface area is 87.9 Å². The van der Waals surface area contributed by atoms with E-state index < -0.39 is 6.61 Å². The fourth-order valence-electron chi connectivity index (χ4n) is 0.695. The molecule has 0 atom stereocenters. The molecule has 0 aliphatic rings. The Kier molecular flexibility index (Phi) is 15.8. The zero-order valence-corrected chi connectivity index (χ0v) is 8.88. The Morgan fingerprint density at radius 2 is 1.93 bits per heavy atom. The highest BCUT2D eigenvalue weighted by Crippen LogP contribution is 1.83. The summed E-state index contributed by atoms with van der Waals surface area (Å²) >= 11 is 0. The smallest absolute Gasteiger partial charge is 0.245 e. The van der Waals surface area contributed by atoms with Gasteiger partial charge >= 0.3 is 0 Å². The van der Waals surface area contributed by atoms with E-state index in [1.54, 1.807) is 0 Å².